The monoisotopic (exact) mass is 388 g/mol. The summed E-state index contributed by atoms with van der Waals surface area (Å²) in [7, 11) is 0. The number of pyridine rings is 1. The van der Waals surface area contributed by atoms with Crippen LogP contribution < -0.4 is 15.1 Å². The topological polar surface area (TPSA) is 74.2 Å². The van der Waals surface area contributed by atoms with E-state index in [2.05, 4.69) is 38.1 Å². The van der Waals surface area contributed by atoms with Crippen molar-refractivity contribution < 1.29 is 4.79 Å². The summed E-state index contributed by atoms with van der Waals surface area (Å²) >= 11 is 0. The molecule has 1 saturated carbocycles. The summed E-state index contributed by atoms with van der Waals surface area (Å²) in [6.07, 6.45) is 5.58. The van der Waals surface area contributed by atoms with Crippen LogP contribution in [0.15, 0.2) is 42.7 Å². The molecule has 7 nitrogen and oxygen atoms in total. The van der Waals surface area contributed by atoms with Crippen molar-refractivity contribution in [3.05, 3.63) is 48.3 Å². The number of anilines is 3. The Balaban J connectivity index is 1.32. The minimum absolute atomic E-state index is 0.131. The average Bonchev–Trinajstić information content (AvgIpc) is 3.60. The number of hydrogen-bond acceptors (Lipinski definition) is 6. The number of piperazine rings is 1. The van der Waals surface area contributed by atoms with Gasteiger partial charge in [0.15, 0.2) is 0 Å². The molecule has 3 aromatic rings. The molecule has 1 aliphatic carbocycles. The maximum absolute atomic E-state index is 12.0. The van der Waals surface area contributed by atoms with Crippen LogP contribution in [0.25, 0.3) is 10.9 Å². The Hall–Kier alpha value is -3.22. The fraction of sp³-hybridized carbons (Fsp3) is 0.364. The summed E-state index contributed by atoms with van der Waals surface area (Å²) in [4.78, 5) is 30.1. The summed E-state index contributed by atoms with van der Waals surface area (Å²) in [6.45, 7) is 5.61. The van der Waals surface area contributed by atoms with Crippen molar-refractivity contribution in [3.8, 4) is 0 Å². The molecule has 2 fully saturated rings. The fourth-order valence-electron chi connectivity index (χ4n) is 3.80. The number of nitrogens with zero attached hydrogens (tertiary/aromatic N) is 5. The molecule has 0 bridgehead atoms. The van der Waals surface area contributed by atoms with Gasteiger partial charge in [-0.3, -0.25) is 4.79 Å². The second kappa shape index (κ2) is 7.31. The quantitative estimate of drug-likeness (QED) is 0.741. The Morgan fingerprint density at radius 2 is 1.76 bits per heavy atom. The third-order valence-corrected chi connectivity index (χ3v) is 5.66. The zero-order valence-corrected chi connectivity index (χ0v) is 16.5. The van der Waals surface area contributed by atoms with E-state index in [0.717, 1.165) is 67.4 Å². The molecule has 5 rings (SSSR count). The standard InChI is InChI=1S/C22H24N6O/c1-15-13-20(27-9-11-28(12-10-27)22-23-7-2-8-24-22)26-19-6-5-17(14-18(15)19)25-21(29)16-3-4-16/h2,5-8,13-14,16H,3-4,9-12H2,1H3,(H,25,29). The van der Waals surface area contributed by atoms with Gasteiger partial charge in [0.2, 0.25) is 11.9 Å². The molecule has 0 atom stereocenters. The fourth-order valence-corrected chi connectivity index (χ4v) is 3.80. The van der Waals surface area contributed by atoms with Crippen LogP contribution in [0.2, 0.25) is 0 Å². The van der Waals surface area contributed by atoms with Crippen molar-refractivity contribution in [2.45, 2.75) is 19.8 Å². The number of carbonyl (C=O) groups excluding carboxylic acids is 1. The number of aryl methyl sites for hydroxylation is 1. The van der Waals surface area contributed by atoms with E-state index in [-0.39, 0.29) is 11.8 Å². The zero-order chi connectivity index (χ0) is 19.8. The van der Waals surface area contributed by atoms with Gasteiger partial charge in [-0.15, -0.1) is 0 Å². The molecule has 1 aliphatic heterocycles. The van der Waals surface area contributed by atoms with Crippen molar-refractivity contribution in [1.29, 1.82) is 0 Å². The van der Waals surface area contributed by atoms with Crippen LogP contribution in [0, 0.1) is 12.8 Å². The van der Waals surface area contributed by atoms with E-state index in [0.29, 0.717) is 0 Å². The molecular weight excluding hydrogens is 364 g/mol. The Morgan fingerprint density at radius 3 is 2.48 bits per heavy atom. The van der Waals surface area contributed by atoms with Gasteiger partial charge in [0.25, 0.3) is 0 Å². The van der Waals surface area contributed by atoms with Crippen LogP contribution in [0.5, 0.6) is 0 Å². The molecule has 1 aromatic carbocycles. The van der Waals surface area contributed by atoms with Gasteiger partial charge in [-0.1, -0.05) is 0 Å². The Labute approximate surface area is 169 Å². The van der Waals surface area contributed by atoms with E-state index in [4.69, 9.17) is 4.98 Å². The Kier molecular flexibility index (Phi) is 4.50. The van der Waals surface area contributed by atoms with Crippen LogP contribution in [0.1, 0.15) is 18.4 Å². The molecule has 3 heterocycles. The molecular formula is C22H24N6O. The molecule has 7 heteroatoms. The highest BCUT2D eigenvalue weighted by Gasteiger charge is 2.29. The zero-order valence-electron chi connectivity index (χ0n) is 16.5. The lowest BCUT2D eigenvalue weighted by Crippen LogP contribution is -2.47. The summed E-state index contributed by atoms with van der Waals surface area (Å²) < 4.78 is 0. The van der Waals surface area contributed by atoms with E-state index >= 15 is 0 Å². The second-order valence-electron chi connectivity index (χ2n) is 7.82. The molecule has 2 aromatic heterocycles. The minimum Gasteiger partial charge on any atom is -0.353 e. The van der Waals surface area contributed by atoms with Crippen molar-refractivity contribution in [2.75, 3.05) is 41.3 Å². The SMILES string of the molecule is Cc1cc(N2CCN(c3ncccn3)CC2)nc2ccc(NC(=O)C3CC3)cc12. The summed E-state index contributed by atoms with van der Waals surface area (Å²) in [6, 6.07) is 9.96. The first kappa shape index (κ1) is 17.8. The lowest BCUT2D eigenvalue weighted by atomic mass is 10.1. The van der Waals surface area contributed by atoms with Gasteiger partial charge in [-0.05, 0) is 55.7 Å². The van der Waals surface area contributed by atoms with Gasteiger partial charge >= 0.3 is 0 Å². The third kappa shape index (κ3) is 3.72. The van der Waals surface area contributed by atoms with Gasteiger partial charge < -0.3 is 15.1 Å². The summed E-state index contributed by atoms with van der Waals surface area (Å²) in [5.74, 6) is 2.12. The van der Waals surface area contributed by atoms with E-state index in [1.54, 1.807) is 12.4 Å². The second-order valence-corrected chi connectivity index (χ2v) is 7.82. The van der Waals surface area contributed by atoms with Crippen LogP contribution in [-0.2, 0) is 4.79 Å². The van der Waals surface area contributed by atoms with Gasteiger partial charge in [0.05, 0.1) is 5.52 Å². The molecule has 29 heavy (non-hydrogen) atoms. The van der Waals surface area contributed by atoms with E-state index in [1.807, 2.05) is 24.3 Å². The van der Waals surface area contributed by atoms with Crippen molar-refractivity contribution in [1.82, 2.24) is 15.0 Å². The average molecular weight is 388 g/mol. The van der Waals surface area contributed by atoms with Crippen LogP contribution >= 0.6 is 0 Å². The molecule has 2 aliphatic rings. The van der Waals surface area contributed by atoms with Crippen molar-refractivity contribution >= 4 is 34.3 Å². The Morgan fingerprint density at radius 1 is 1.03 bits per heavy atom. The highest BCUT2D eigenvalue weighted by molar-refractivity contribution is 5.96. The lowest BCUT2D eigenvalue weighted by Gasteiger charge is -2.35. The smallest absolute Gasteiger partial charge is 0.227 e. The maximum Gasteiger partial charge on any atom is 0.227 e. The molecule has 1 amide bonds. The predicted octanol–water partition coefficient (Wildman–Crippen LogP) is 3.01. The lowest BCUT2D eigenvalue weighted by molar-refractivity contribution is -0.117. The molecule has 148 valence electrons. The highest BCUT2D eigenvalue weighted by Crippen LogP contribution is 2.31. The van der Waals surface area contributed by atoms with Crippen molar-refractivity contribution in [3.63, 3.8) is 0 Å². The number of amides is 1. The van der Waals surface area contributed by atoms with Gasteiger partial charge in [0, 0.05) is 55.6 Å². The minimum atomic E-state index is 0.131. The van der Waals surface area contributed by atoms with Crippen molar-refractivity contribution in [2.24, 2.45) is 5.92 Å². The largest absolute Gasteiger partial charge is 0.353 e. The number of aromatic nitrogens is 3. The van der Waals surface area contributed by atoms with Crippen LogP contribution in [-0.4, -0.2) is 47.0 Å². The van der Waals surface area contributed by atoms with Crippen LogP contribution in [0.4, 0.5) is 17.5 Å². The number of rotatable bonds is 4. The first-order chi connectivity index (χ1) is 14.2. The predicted molar refractivity (Wildman–Crippen MR) is 114 cm³/mol. The molecule has 1 N–H and O–H groups in total. The number of hydrogen-bond donors (Lipinski definition) is 1. The van der Waals surface area contributed by atoms with Gasteiger partial charge in [-0.25, -0.2) is 15.0 Å². The van der Waals surface area contributed by atoms with E-state index < -0.39 is 0 Å². The first-order valence-electron chi connectivity index (χ1n) is 10.2. The van der Waals surface area contributed by atoms with Gasteiger partial charge in [-0.2, -0.15) is 0 Å². The third-order valence-electron chi connectivity index (χ3n) is 5.66. The van der Waals surface area contributed by atoms with Crippen LogP contribution in [0.3, 0.4) is 0 Å². The van der Waals surface area contributed by atoms with E-state index in [9.17, 15) is 4.79 Å². The first-order valence-corrected chi connectivity index (χ1v) is 10.2. The number of fused-ring (bicyclic) bond motifs is 1. The molecule has 0 radical (unpaired) electrons. The Bertz CT molecular complexity index is 1040. The summed E-state index contributed by atoms with van der Waals surface area (Å²) in [5, 5.41) is 4.11. The molecule has 0 spiro atoms. The van der Waals surface area contributed by atoms with Gasteiger partial charge in [0.1, 0.15) is 5.82 Å². The molecule has 1 saturated heterocycles. The molecule has 0 unspecified atom stereocenters. The normalized spacial score (nSPS) is 16.9. The summed E-state index contributed by atoms with van der Waals surface area (Å²) in [5.41, 5.74) is 2.98. The van der Waals surface area contributed by atoms with E-state index in [1.165, 1.54) is 5.56 Å². The maximum atomic E-state index is 12.0. The highest BCUT2D eigenvalue weighted by atomic mass is 16.2. The number of benzene rings is 1. The number of carbonyl (C=O) groups is 1. The number of nitrogens with one attached hydrogen (secondary N) is 1.